The number of benzene rings is 1. The molecular weight excluding hydrogens is 485 g/mol. The quantitative estimate of drug-likeness (QED) is 0.351. The second-order valence-corrected chi connectivity index (χ2v) is 9.87. The van der Waals surface area contributed by atoms with Gasteiger partial charge in [-0.2, -0.15) is 0 Å². The zero-order valence-corrected chi connectivity index (χ0v) is 22.9. The van der Waals surface area contributed by atoms with Crippen molar-refractivity contribution >= 4 is 16.9 Å². The molecule has 0 amide bonds. The van der Waals surface area contributed by atoms with E-state index in [1.54, 1.807) is 10.6 Å². The number of rotatable bonds is 1. The molecule has 1 unspecified atom stereocenters. The van der Waals surface area contributed by atoms with Crippen molar-refractivity contribution in [3.8, 4) is 11.4 Å². The van der Waals surface area contributed by atoms with Gasteiger partial charge in [0.25, 0.3) is 5.56 Å². The number of aryl methyl sites for hydroxylation is 1. The van der Waals surface area contributed by atoms with E-state index in [0.29, 0.717) is 34.6 Å². The number of aliphatic hydroxyl groups excluding tert-OH is 1. The van der Waals surface area contributed by atoms with Crippen LogP contribution in [-0.2, 0) is 29.1 Å². The summed E-state index contributed by atoms with van der Waals surface area (Å²) in [5.74, 6) is -1.02. The number of hydrogen-bond acceptors (Lipinski definition) is 6. The Labute approximate surface area is 222 Å². The molecule has 0 spiro atoms. The summed E-state index contributed by atoms with van der Waals surface area (Å²) in [7, 11) is 0. The van der Waals surface area contributed by atoms with Gasteiger partial charge in [-0.15, -0.1) is 0 Å². The lowest BCUT2D eigenvalue weighted by Crippen LogP contribution is -2.32. The first-order valence-corrected chi connectivity index (χ1v) is 13.9. The average molecular weight is 522 g/mol. The van der Waals surface area contributed by atoms with Gasteiger partial charge >= 0.3 is 5.97 Å². The van der Waals surface area contributed by atoms with E-state index < -0.39 is 12.1 Å². The average Bonchev–Trinajstić information content (AvgIpc) is 3.61. The van der Waals surface area contributed by atoms with E-state index in [0.717, 1.165) is 42.4 Å². The SMILES string of the molecule is CC.CC.Cc1c(F)cc2nc3c(c4c2c1CC[C@H]4N1CCCC1)Cn1c-3cc2c(c1=O)COC(=O)C2O. The monoisotopic (exact) mass is 521 g/mol. The number of carbonyl (C=O) groups excluding carboxylic acids is 1. The highest BCUT2D eigenvalue weighted by Crippen LogP contribution is 2.47. The first-order chi connectivity index (χ1) is 18.4. The van der Waals surface area contributed by atoms with E-state index in [4.69, 9.17) is 9.72 Å². The Balaban J connectivity index is 0.000000704. The number of cyclic esters (lactones) is 1. The Kier molecular flexibility index (Phi) is 7.13. The largest absolute Gasteiger partial charge is 0.458 e. The van der Waals surface area contributed by atoms with Crippen LogP contribution in [0.4, 0.5) is 4.39 Å². The molecule has 3 aromatic rings. The van der Waals surface area contributed by atoms with Crippen LogP contribution in [0.25, 0.3) is 22.3 Å². The van der Waals surface area contributed by atoms with Crippen LogP contribution in [0.2, 0.25) is 0 Å². The zero-order valence-electron chi connectivity index (χ0n) is 22.9. The zero-order chi connectivity index (χ0) is 27.3. The van der Waals surface area contributed by atoms with Crippen LogP contribution in [0.3, 0.4) is 0 Å². The van der Waals surface area contributed by atoms with Gasteiger partial charge in [0.2, 0.25) is 0 Å². The van der Waals surface area contributed by atoms with Crippen molar-refractivity contribution in [2.24, 2.45) is 0 Å². The van der Waals surface area contributed by atoms with E-state index >= 15 is 0 Å². The van der Waals surface area contributed by atoms with Crippen LogP contribution in [0, 0.1) is 12.7 Å². The molecule has 0 radical (unpaired) electrons. The van der Waals surface area contributed by atoms with E-state index in [-0.39, 0.29) is 29.6 Å². The molecule has 8 heteroatoms. The molecule has 1 N–H and O–H groups in total. The van der Waals surface area contributed by atoms with Crippen molar-refractivity contribution < 1.29 is 19.0 Å². The van der Waals surface area contributed by atoms with Crippen molar-refractivity contribution in [3.63, 3.8) is 0 Å². The topological polar surface area (TPSA) is 84.7 Å². The number of halogens is 1. The molecule has 0 bridgehead atoms. The van der Waals surface area contributed by atoms with Crippen molar-refractivity contribution in [1.82, 2.24) is 14.5 Å². The lowest BCUT2D eigenvalue weighted by Gasteiger charge is -2.35. The number of carbonyl (C=O) groups is 1. The highest BCUT2D eigenvalue weighted by atomic mass is 19.1. The van der Waals surface area contributed by atoms with E-state index in [1.807, 2.05) is 34.6 Å². The molecule has 1 aliphatic carbocycles. The van der Waals surface area contributed by atoms with Crippen molar-refractivity contribution in [2.45, 2.75) is 85.6 Å². The number of hydrogen-bond donors (Lipinski definition) is 1. The normalized spacial score (nSPS) is 21.0. The van der Waals surface area contributed by atoms with Crippen molar-refractivity contribution in [1.29, 1.82) is 0 Å². The van der Waals surface area contributed by atoms with E-state index in [9.17, 15) is 19.1 Å². The molecule has 38 heavy (non-hydrogen) atoms. The summed E-state index contributed by atoms with van der Waals surface area (Å²) in [5.41, 5.74) is 6.00. The van der Waals surface area contributed by atoms with Gasteiger partial charge in [0, 0.05) is 28.6 Å². The smallest absolute Gasteiger partial charge is 0.340 e. The second-order valence-electron chi connectivity index (χ2n) is 9.87. The Hall–Kier alpha value is -3.10. The third-order valence-corrected chi connectivity index (χ3v) is 8.20. The molecule has 7 rings (SSSR count). The van der Waals surface area contributed by atoms with Gasteiger partial charge in [-0.05, 0) is 68.5 Å². The Bertz CT molecular complexity index is 1490. The Morgan fingerprint density at radius 3 is 2.47 bits per heavy atom. The number of esters is 1. The summed E-state index contributed by atoms with van der Waals surface area (Å²) >= 11 is 0. The summed E-state index contributed by atoms with van der Waals surface area (Å²) < 4.78 is 21.6. The number of nitrogens with zero attached hydrogens (tertiary/aromatic N) is 3. The van der Waals surface area contributed by atoms with Crippen LogP contribution in [0.1, 0.15) is 92.5 Å². The maximum absolute atomic E-state index is 14.9. The summed E-state index contributed by atoms with van der Waals surface area (Å²) in [4.78, 5) is 32.8. The standard InChI is InChI=1S/C26H24FN3O4.2C2H6/c1-12-13-4-5-19(29-6-2-3-7-29)22-15-10-30-20(23(15)28-18(21(13)22)9-17(12)27)8-14-16(25(30)32)11-34-26(33)24(14)31;2*1-2/h8-9,19,24,31H,2-7,10-11H2,1H3;2*1-2H3/t19-,24?;;/m1../s1. The minimum absolute atomic E-state index is 0.145. The fraction of sp³-hybridized carbons (Fsp3) is 0.500. The minimum Gasteiger partial charge on any atom is -0.458 e. The summed E-state index contributed by atoms with van der Waals surface area (Å²) in [5, 5.41) is 11.4. The maximum atomic E-state index is 14.9. The predicted octanol–water partition coefficient (Wildman–Crippen LogP) is 5.10. The molecule has 5 heterocycles. The van der Waals surface area contributed by atoms with Crippen molar-refractivity contribution in [2.75, 3.05) is 13.1 Å². The summed E-state index contributed by atoms with van der Waals surface area (Å²) in [6.45, 7) is 12.1. The maximum Gasteiger partial charge on any atom is 0.340 e. The van der Waals surface area contributed by atoms with Gasteiger partial charge < -0.3 is 14.4 Å². The second kappa shape index (κ2) is 10.2. The van der Waals surface area contributed by atoms with E-state index in [2.05, 4.69) is 4.90 Å². The number of likely N-dealkylation sites (tertiary alicyclic amines) is 1. The molecule has 1 saturated heterocycles. The molecule has 202 valence electrons. The van der Waals surface area contributed by atoms with Crippen LogP contribution in [0.5, 0.6) is 0 Å². The van der Waals surface area contributed by atoms with Gasteiger partial charge in [-0.25, -0.2) is 14.2 Å². The molecule has 2 aromatic heterocycles. The third-order valence-electron chi connectivity index (χ3n) is 8.20. The van der Waals surface area contributed by atoms with Crippen LogP contribution in [0.15, 0.2) is 16.9 Å². The molecule has 3 aliphatic heterocycles. The van der Waals surface area contributed by atoms with Gasteiger partial charge in [0.1, 0.15) is 12.4 Å². The van der Waals surface area contributed by atoms with Crippen LogP contribution >= 0.6 is 0 Å². The molecular formula is C30H36FN3O4. The first kappa shape index (κ1) is 26.5. The minimum atomic E-state index is -1.49. The molecule has 4 aliphatic rings. The highest BCUT2D eigenvalue weighted by molar-refractivity contribution is 5.93. The molecule has 1 fully saturated rings. The van der Waals surface area contributed by atoms with Gasteiger partial charge in [-0.1, -0.05) is 27.7 Å². The third kappa shape index (κ3) is 3.80. The first-order valence-electron chi connectivity index (χ1n) is 13.9. The lowest BCUT2D eigenvalue weighted by molar-refractivity contribution is -0.157. The summed E-state index contributed by atoms with van der Waals surface area (Å²) in [6.07, 6.45) is 2.56. The van der Waals surface area contributed by atoms with Gasteiger partial charge in [0.05, 0.1) is 29.0 Å². The highest BCUT2D eigenvalue weighted by Gasteiger charge is 2.38. The predicted molar refractivity (Wildman–Crippen MR) is 145 cm³/mol. The van der Waals surface area contributed by atoms with Crippen molar-refractivity contribution in [3.05, 3.63) is 61.7 Å². The lowest BCUT2D eigenvalue weighted by atomic mass is 9.81. The number of fused-ring (bicyclic) bond motifs is 5. The van der Waals surface area contributed by atoms with E-state index in [1.165, 1.54) is 24.5 Å². The fourth-order valence-electron chi connectivity index (χ4n) is 6.50. The Morgan fingerprint density at radius 1 is 1.05 bits per heavy atom. The van der Waals surface area contributed by atoms with Crippen LogP contribution < -0.4 is 5.56 Å². The fourth-order valence-corrected chi connectivity index (χ4v) is 6.50. The molecule has 1 aromatic carbocycles. The van der Waals surface area contributed by atoms with Crippen LogP contribution in [-0.4, -0.2) is 38.6 Å². The van der Waals surface area contributed by atoms with Gasteiger partial charge in [0.15, 0.2) is 6.10 Å². The number of ether oxygens (including phenoxy) is 1. The number of pyridine rings is 2. The molecule has 7 nitrogen and oxygen atoms in total. The molecule has 2 atom stereocenters. The number of aromatic nitrogens is 2. The Morgan fingerprint density at radius 2 is 1.76 bits per heavy atom. The number of aliphatic hydroxyl groups is 1. The summed E-state index contributed by atoms with van der Waals surface area (Å²) in [6, 6.07) is 3.41. The molecule has 0 saturated carbocycles. The van der Waals surface area contributed by atoms with Gasteiger partial charge in [-0.3, -0.25) is 9.69 Å².